The van der Waals surface area contributed by atoms with E-state index in [-0.39, 0.29) is 35.5 Å². The maximum atomic E-state index is 12.9. The third-order valence-corrected chi connectivity index (χ3v) is 5.53. The SMILES string of the molecule is CNC(=O)c1ccc(CN(C)C(=O)[C@H](C)N2C(=O)[C@H]3CC=CC[C@H]3C2=O)cc1. The van der Waals surface area contributed by atoms with E-state index in [9.17, 15) is 19.2 Å². The van der Waals surface area contributed by atoms with E-state index in [1.165, 1.54) is 4.90 Å². The lowest BCUT2D eigenvalue weighted by Gasteiger charge is -2.27. The van der Waals surface area contributed by atoms with Gasteiger partial charge in [-0.15, -0.1) is 0 Å². The molecule has 1 N–H and O–H groups in total. The molecule has 1 saturated heterocycles. The number of nitrogens with one attached hydrogen (secondary N) is 1. The monoisotopic (exact) mass is 383 g/mol. The molecular formula is C21H25N3O4. The van der Waals surface area contributed by atoms with Crippen LogP contribution in [-0.4, -0.2) is 53.6 Å². The van der Waals surface area contributed by atoms with Crippen molar-refractivity contribution in [2.24, 2.45) is 11.8 Å². The van der Waals surface area contributed by atoms with Crippen LogP contribution in [0.3, 0.4) is 0 Å². The van der Waals surface area contributed by atoms with Crippen molar-refractivity contribution in [2.75, 3.05) is 14.1 Å². The second-order valence-electron chi connectivity index (χ2n) is 7.35. The Morgan fingerprint density at radius 3 is 2.14 bits per heavy atom. The highest BCUT2D eigenvalue weighted by molar-refractivity contribution is 6.08. The number of rotatable bonds is 5. The number of likely N-dealkylation sites (tertiary alicyclic amines) is 1. The first-order chi connectivity index (χ1) is 13.3. The Kier molecular flexibility index (Phi) is 5.63. The topological polar surface area (TPSA) is 86.8 Å². The Hall–Kier alpha value is -2.96. The lowest BCUT2D eigenvalue weighted by atomic mass is 9.85. The van der Waals surface area contributed by atoms with Crippen molar-refractivity contribution in [1.82, 2.24) is 15.1 Å². The van der Waals surface area contributed by atoms with Crippen LogP contribution in [0.15, 0.2) is 36.4 Å². The second-order valence-corrected chi connectivity index (χ2v) is 7.35. The normalized spacial score (nSPS) is 22.0. The number of amides is 4. The molecule has 7 heteroatoms. The van der Waals surface area contributed by atoms with E-state index in [4.69, 9.17) is 0 Å². The van der Waals surface area contributed by atoms with E-state index < -0.39 is 6.04 Å². The number of likely N-dealkylation sites (N-methyl/N-ethyl adjacent to an activating group) is 1. The van der Waals surface area contributed by atoms with Crippen LogP contribution in [0.4, 0.5) is 0 Å². The standard InChI is InChI=1S/C21H25N3O4/c1-13(24-20(27)16-6-4-5-7-17(16)21(24)28)19(26)23(3)12-14-8-10-15(11-9-14)18(25)22-2/h4-5,8-11,13,16-17H,6-7,12H2,1-3H3,(H,22,25)/t13-,16-,17+/m0/s1. The van der Waals surface area contributed by atoms with E-state index in [1.54, 1.807) is 45.3 Å². The molecule has 4 amide bonds. The van der Waals surface area contributed by atoms with Crippen molar-refractivity contribution >= 4 is 23.6 Å². The maximum Gasteiger partial charge on any atom is 0.251 e. The molecule has 3 rings (SSSR count). The van der Waals surface area contributed by atoms with Gasteiger partial charge in [0.2, 0.25) is 17.7 Å². The number of nitrogens with zero attached hydrogens (tertiary/aromatic N) is 2. The molecule has 1 fully saturated rings. The Morgan fingerprint density at radius 1 is 1.11 bits per heavy atom. The molecule has 148 valence electrons. The molecule has 1 aromatic rings. The zero-order valence-electron chi connectivity index (χ0n) is 16.3. The Bertz CT molecular complexity index is 805. The third kappa shape index (κ3) is 3.56. The summed E-state index contributed by atoms with van der Waals surface area (Å²) in [4.78, 5) is 52.5. The van der Waals surface area contributed by atoms with Crippen molar-refractivity contribution in [3.8, 4) is 0 Å². The predicted octanol–water partition coefficient (Wildman–Crippen LogP) is 1.34. The predicted molar refractivity (Wildman–Crippen MR) is 103 cm³/mol. The van der Waals surface area contributed by atoms with Crippen molar-refractivity contribution < 1.29 is 19.2 Å². The van der Waals surface area contributed by atoms with Gasteiger partial charge in [0.15, 0.2) is 0 Å². The molecule has 7 nitrogen and oxygen atoms in total. The number of carbonyl (C=O) groups is 4. The highest BCUT2D eigenvalue weighted by atomic mass is 16.2. The van der Waals surface area contributed by atoms with Crippen LogP contribution in [0, 0.1) is 11.8 Å². The summed E-state index contributed by atoms with van der Waals surface area (Å²) in [5.74, 6) is -1.63. The van der Waals surface area contributed by atoms with Crippen molar-refractivity contribution in [2.45, 2.75) is 32.4 Å². The number of fused-ring (bicyclic) bond motifs is 1. The minimum absolute atomic E-state index is 0.174. The fourth-order valence-electron chi connectivity index (χ4n) is 3.89. The first kappa shape index (κ1) is 19.8. The summed E-state index contributed by atoms with van der Waals surface area (Å²) in [7, 11) is 3.21. The highest BCUT2D eigenvalue weighted by Gasteiger charge is 2.50. The minimum Gasteiger partial charge on any atom is -0.355 e. The molecule has 0 unspecified atom stereocenters. The van der Waals surface area contributed by atoms with Gasteiger partial charge in [0.25, 0.3) is 5.91 Å². The molecule has 28 heavy (non-hydrogen) atoms. The molecule has 2 aliphatic rings. The van der Waals surface area contributed by atoms with Crippen LogP contribution in [0.5, 0.6) is 0 Å². The van der Waals surface area contributed by atoms with Crippen molar-refractivity contribution in [3.05, 3.63) is 47.5 Å². The molecule has 0 spiro atoms. The first-order valence-corrected chi connectivity index (χ1v) is 9.43. The van der Waals surface area contributed by atoms with Crippen LogP contribution in [0.2, 0.25) is 0 Å². The van der Waals surface area contributed by atoms with Crippen LogP contribution in [-0.2, 0) is 20.9 Å². The minimum atomic E-state index is -0.833. The van der Waals surface area contributed by atoms with Gasteiger partial charge in [-0.2, -0.15) is 0 Å². The first-order valence-electron chi connectivity index (χ1n) is 9.43. The average molecular weight is 383 g/mol. The van der Waals surface area contributed by atoms with Crippen LogP contribution in [0.25, 0.3) is 0 Å². The summed E-state index contributed by atoms with van der Waals surface area (Å²) in [5, 5.41) is 2.56. The van der Waals surface area contributed by atoms with Crippen LogP contribution < -0.4 is 5.32 Å². The van der Waals surface area contributed by atoms with E-state index in [1.807, 2.05) is 12.2 Å². The quantitative estimate of drug-likeness (QED) is 0.614. The Morgan fingerprint density at radius 2 is 1.64 bits per heavy atom. The van der Waals surface area contributed by atoms with E-state index in [2.05, 4.69) is 5.32 Å². The van der Waals surface area contributed by atoms with Crippen molar-refractivity contribution in [3.63, 3.8) is 0 Å². The Balaban J connectivity index is 1.67. The highest BCUT2D eigenvalue weighted by Crippen LogP contribution is 2.36. The van der Waals surface area contributed by atoms with E-state index in [0.717, 1.165) is 10.5 Å². The molecule has 1 aromatic carbocycles. The van der Waals surface area contributed by atoms with Crippen molar-refractivity contribution in [1.29, 1.82) is 0 Å². The molecule has 0 radical (unpaired) electrons. The number of benzene rings is 1. The van der Waals surface area contributed by atoms with Gasteiger partial charge < -0.3 is 10.2 Å². The molecule has 1 heterocycles. The zero-order valence-corrected chi connectivity index (χ0v) is 16.3. The molecule has 0 aromatic heterocycles. The zero-order chi connectivity index (χ0) is 20.4. The summed E-state index contributed by atoms with van der Waals surface area (Å²) >= 11 is 0. The lowest BCUT2D eigenvalue weighted by Crippen LogP contribution is -2.48. The van der Waals surface area contributed by atoms with E-state index >= 15 is 0 Å². The molecule has 1 aliphatic carbocycles. The Labute approximate surface area is 164 Å². The van der Waals surface area contributed by atoms with Gasteiger partial charge in [-0.25, -0.2) is 0 Å². The number of hydrogen-bond donors (Lipinski definition) is 1. The summed E-state index contributed by atoms with van der Waals surface area (Å²) in [6, 6.07) is 6.12. The fraction of sp³-hybridized carbons (Fsp3) is 0.429. The second kappa shape index (κ2) is 7.96. The van der Waals surface area contributed by atoms with Gasteiger partial charge in [0.1, 0.15) is 6.04 Å². The largest absolute Gasteiger partial charge is 0.355 e. The summed E-state index contributed by atoms with van der Waals surface area (Å²) < 4.78 is 0. The third-order valence-electron chi connectivity index (χ3n) is 5.53. The van der Waals surface area contributed by atoms with E-state index in [0.29, 0.717) is 24.9 Å². The smallest absolute Gasteiger partial charge is 0.251 e. The molecule has 3 atom stereocenters. The van der Waals surface area contributed by atoms with Gasteiger partial charge in [-0.1, -0.05) is 24.3 Å². The average Bonchev–Trinajstić information content (AvgIpc) is 2.97. The van der Waals surface area contributed by atoms with Gasteiger partial charge >= 0.3 is 0 Å². The summed E-state index contributed by atoms with van der Waals surface area (Å²) in [5.41, 5.74) is 1.39. The molecular weight excluding hydrogens is 358 g/mol. The van der Waals surface area contributed by atoms with Gasteiger partial charge in [-0.3, -0.25) is 24.1 Å². The van der Waals surface area contributed by atoms with Crippen LogP contribution >= 0.6 is 0 Å². The molecule has 0 bridgehead atoms. The number of carbonyl (C=O) groups excluding carboxylic acids is 4. The summed E-state index contributed by atoms with van der Waals surface area (Å²) in [6.07, 6.45) is 4.97. The van der Waals surface area contributed by atoms with Gasteiger partial charge in [0, 0.05) is 26.2 Å². The molecule has 0 saturated carbocycles. The lowest BCUT2D eigenvalue weighted by molar-refractivity contribution is -0.150. The van der Waals surface area contributed by atoms with Gasteiger partial charge in [-0.05, 0) is 37.5 Å². The number of hydrogen-bond acceptors (Lipinski definition) is 4. The maximum absolute atomic E-state index is 12.9. The number of imide groups is 1. The fourth-order valence-corrected chi connectivity index (χ4v) is 3.89. The summed E-state index contributed by atoms with van der Waals surface area (Å²) in [6.45, 7) is 1.93. The van der Waals surface area contributed by atoms with Gasteiger partial charge in [0.05, 0.1) is 11.8 Å². The molecule has 1 aliphatic heterocycles. The number of allylic oxidation sites excluding steroid dienone is 2. The van der Waals surface area contributed by atoms with Crippen LogP contribution in [0.1, 0.15) is 35.7 Å².